The predicted octanol–water partition coefficient (Wildman–Crippen LogP) is 2.06. The van der Waals surface area contributed by atoms with Gasteiger partial charge in [0.05, 0.1) is 5.75 Å². The molecule has 1 aromatic heterocycles. The number of rotatable bonds is 5. The lowest BCUT2D eigenvalue weighted by Crippen LogP contribution is -2.31. The molecule has 0 aliphatic rings. The van der Waals surface area contributed by atoms with E-state index in [1.54, 1.807) is 11.4 Å². The van der Waals surface area contributed by atoms with Crippen LogP contribution in [0.1, 0.15) is 23.5 Å². The van der Waals surface area contributed by atoms with E-state index in [0.29, 0.717) is 10.6 Å². The molecule has 0 aromatic carbocycles. The maximum absolute atomic E-state index is 11.3. The van der Waals surface area contributed by atoms with Crippen molar-refractivity contribution >= 4 is 35.0 Å². The fourth-order valence-electron chi connectivity index (χ4n) is 1.02. The third-order valence-corrected chi connectivity index (χ3v) is 3.65. The van der Waals surface area contributed by atoms with Crippen LogP contribution in [0.4, 0.5) is 0 Å². The van der Waals surface area contributed by atoms with E-state index in [9.17, 15) is 9.59 Å². The van der Waals surface area contributed by atoms with Crippen molar-refractivity contribution in [2.24, 2.45) is 0 Å². The van der Waals surface area contributed by atoms with Gasteiger partial charge in [-0.3, -0.25) is 4.79 Å². The fraction of sp³-hybridized carbons (Fsp3) is 0.400. The molecule has 6 heteroatoms. The number of aromatic carboxylic acids is 1. The molecule has 16 heavy (non-hydrogen) atoms. The Morgan fingerprint density at radius 1 is 1.56 bits per heavy atom. The number of hydrogen-bond acceptors (Lipinski definition) is 4. The summed E-state index contributed by atoms with van der Waals surface area (Å²) in [7, 11) is 0. The van der Waals surface area contributed by atoms with Gasteiger partial charge < -0.3 is 10.4 Å². The Kier molecular flexibility index (Phi) is 4.82. The highest BCUT2D eigenvalue weighted by Gasteiger charge is 2.09. The second kappa shape index (κ2) is 5.91. The molecule has 0 saturated heterocycles. The number of thioether (sulfide) groups is 1. The summed E-state index contributed by atoms with van der Waals surface area (Å²) in [6.45, 7) is 3.80. The standard InChI is InChI=1S/C10H13NO3S2/c1-6(2)11-9(12)5-15-7-3-8(10(13)14)16-4-7/h3-4,6H,5H2,1-2H3,(H,11,12)(H,13,14). The molecule has 1 amide bonds. The molecule has 4 nitrogen and oxygen atoms in total. The fourth-order valence-corrected chi connectivity index (χ4v) is 2.70. The number of nitrogens with one attached hydrogen (secondary N) is 1. The summed E-state index contributed by atoms with van der Waals surface area (Å²) in [6.07, 6.45) is 0. The normalized spacial score (nSPS) is 10.4. The first-order valence-electron chi connectivity index (χ1n) is 4.73. The van der Waals surface area contributed by atoms with E-state index in [2.05, 4.69) is 5.32 Å². The van der Waals surface area contributed by atoms with E-state index in [4.69, 9.17) is 5.11 Å². The van der Waals surface area contributed by atoms with Crippen LogP contribution in [0.5, 0.6) is 0 Å². The molecule has 1 rings (SSSR count). The van der Waals surface area contributed by atoms with Crippen LogP contribution in [0, 0.1) is 0 Å². The molecule has 0 saturated carbocycles. The van der Waals surface area contributed by atoms with Crippen LogP contribution in [0.2, 0.25) is 0 Å². The summed E-state index contributed by atoms with van der Waals surface area (Å²) in [5.41, 5.74) is 0. The zero-order valence-electron chi connectivity index (χ0n) is 9.02. The summed E-state index contributed by atoms with van der Waals surface area (Å²) >= 11 is 2.51. The van der Waals surface area contributed by atoms with Crippen molar-refractivity contribution in [2.75, 3.05) is 5.75 Å². The maximum Gasteiger partial charge on any atom is 0.345 e. The Morgan fingerprint density at radius 3 is 2.75 bits per heavy atom. The van der Waals surface area contributed by atoms with Crippen molar-refractivity contribution in [2.45, 2.75) is 24.8 Å². The molecule has 0 aliphatic carbocycles. The summed E-state index contributed by atoms with van der Waals surface area (Å²) < 4.78 is 0. The average Bonchev–Trinajstić information content (AvgIpc) is 2.61. The van der Waals surface area contributed by atoms with Gasteiger partial charge >= 0.3 is 5.97 Å². The Hall–Kier alpha value is -1.01. The van der Waals surface area contributed by atoms with Crippen molar-refractivity contribution < 1.29 is 14.7 Å². The Morgan fingerprint density at radius 2 is 2.25 bits per heavy atom. The molecule has 88 valence electrons. The summed E-state index contributed by atoms with van der Waals surface area (Å²) in [6, 6.07) is 1.71. The molecule has 0 radical (unpaired) electrons. The first-order chi connectivity index (χ1) is 7.49. The monoisotopic (exact) mass is 259 g/mol. The smallest absolute Gasteiger partial charge is 0.345 e. The van der Waals surface area contributed by atoms with Crippen molar-refractivity contribution in [3.05, 3.63) is 16.3 Å². The van der Waals surface area contributed by atoms with Crippen molar-refractivity contribution in [1.29, 1.82) is 0 Å². The highest BCUT2D eigenvalue weighted by molar-refractivity contribution is 8.00. The van der Waals surface area contributed by atoms with E-state index in [0.717, 1.165) is 4.90 Å². The zero-order valence-corrected chi connectivity index (χ0v) is 10.7. The summed E-state index contributed by atoms with van der Waals surface area (Å²) in [5.74, 6) is -0.653. The van der Waals surface area contributed by atoms with Gasteiger partial charge in [-0.2, -0.15) is 0 Å². The van der Waals surface area contributed by atoms with Gasteiger partial charge in [-0.25, -0.2) is 4.79 Å². The van der Waals surface area contributed by atoms with Crippen LogP contribution in [0.25, 0.3) is 0 Å². The van der Waals surface area contributed by atoms with Crippen LogP contribution < -0.4 is 5.32 Å². The zero-order chi connectivity index (χ0) is 12.1. The highest BCUT2D eigenvalue weighted by Crippen LogP contribution is 2.24. The molecule has 0 atom stereocenters. The number of carboxylic acids is 1. The molecule has 2 N–H and O–H groups in total. The third-order valence-electron chi connectivity index (χ3n) is 1.61. The van der Waals surface area contributed by atoms with Gasteiger partial charge in [0.25, 0.3) is 0 Å². The van der Waals surface area contributed by atoms with Crippen LogP contribution in [0.3, 0.4) is 0 Å². The van der Waals surface area contributed by atoms with Crippen LogP contribution in [-0.4, -0.2) is 28.8 Å². The van der Waals surface area contributed by atoms with E-state index >= 15 is 0 Å². The lowest BCUT2D eigenvalue weighted by molar-refractivity contribution is -0.119. The minimum absolute atomic E-state index is 0.0388. The van der Waals surface area contributed by atoms with Crippen molar-refractivity contribution in [3.63, 3.8) is 0 Å². The summed E-state index contributed by atoms with van der Waals surface area (Å²) in [4.78, 5) is 23.1. The lowest BCUT2D eigenvalue weighted by Gasteiger charge is -2.06. The van der Waals surface area contributed by atoms with Crippen LogP contribution in [-0.2, 0) is 4.79 Å². The first kappa shape index (κ1) is 13.1. The number of carbonyl (C=O) groups excluding carboxylic acids is 1. The molecule has 0 unspecified atom stereocenters. The highest BCUT2D eigenvalue weighted by atomic mass is 32.2. The van der Waals surface area contributed by atoms with E-state index in [-0.39, 0.29) is 11.9 Å². The van der Waals surface area contributed by atoms with Gasteiger partial charge in [0.1, 0.15) is 4.88 Å². The lowest BCUT2D eigenvalue weighted by atomic mass is 10.4. The molecule has 1 heterocycles. The quantitative estimate of drug-likeness (QED) is 0.794. The van der Waals surface area contributed by atoms with Crippen LogP contribution in [0.15, 0.2) is 16.3 Å². The topological polar surface area (TPSA) is 66.4 Å². The van der Waals surface area contributed by atoms with Crippen LogP contribution >= 0.6 is 23.1 Å². The first-order valence-corrected chi connectivity index (χ1v) is 6.59. The number of thiophene rings is 1. The largest absolute Gasteiger partial charge is 0.477 e. The van der Waals surface area contributed by atoms with Gasteiger partial charge in [-0.1, -0.05) is 0 Å². The SMILES string of the molecule is CC(C)NC(=O)CSc1csc(C(=O)O)c1. The molecule has 0 spiro atoms. The van der Waals surface area contributed by atoms with Crippen molar-refractivity contribution in [1.82, 2.24) is 5.32 Å². The molecule has 1 aromatic rings. The number of carbonyl (C=O) groups is 2. The maximum atomic E-state index is 11.3. The van der Waals surface area contributed by atoms with E-state index in [1.165, 1.54) is 23.1 Å². The number of amides is 1. The minimum atomic E-state index is -0.927. The van der Waals surface area contributed by atoms with E-state index in [1.807, 2.05) is 13.8 Å². The number of carboxylic acid groups (broad SMARTS) is 1. The average molecular weight is 259 g/mol. The number of hydrogen-bond donors (Lipinski definition) is 2. The Labute approximate surface area is 102 Å². The van der Waals surface area contributed by atoms with Gasteiger partial charge in [0.15, 0.2) is 0 Å². The molecular weight excluding hydrogens is 246 g/mol. The second-order valence-electron chi connectivity index (χ2n) is 3.46. The Bertz CT molecular complexity index is 387. The minimum Gasteiger partial charge on any atom is -0.477 e. The Balaban J connectivity index is 2.42. The third kappa shape index (κ3) is 4.24. The molecule has 0 aliphatic heterocycles. The van der Waals surface area contributed by atoms with Gasteiger partial charge in [0.2, 0.25) is 5.91 Å². The summed E-state index contributed by atoms with van der Waals surface area (Å²) in [5, 5.41) is 13.2. The predicted molar refractivity (Wildman–Crippen MR) is 65.3 cm³/mol. The molecule has 0 bridgehead atoms. The molecule has 0 fully saturated rings. The molecular formula is C10H13NO3S2. The van der Waals surface area contributed by atoms with Gasteiger partial charge in [0, 0.05) is 16.3 Å². The van der Waals surface area contributed by atoms with Gasteiger partial charge in [-0.15, -0.1) is 23.1 Å². The van der Waals surface area contributed by atoms with Gasteiger partial charge in [-0.05, 0) is 19.9 Å². The second-order valence-corrected chi connectivity index (χ2v) is 5.42. The van der Waals surface area contributed by atoms with E-state index < -0.39 is 5.97 Å². The van der Waals surface area contributed by atoms with Crippen molar-refractivity contribution in [3.8, 4) is 0 Å².